The van der Waals surface area contributed by atoms with E-state index in [9.17, 15) is 22.8 Å². The molecule has 1 amide bonds. The lowest BCUT2D eigenvalue weighted by Crippen LogP contribution is -2.37. The zero-order chi connectivity index (χ0) is 22.6. The monoisotopic (exact) mass is 436 g/mol. The van der Waals surface area contributed by atoms with Gasteiger partial charge in [0.2, 0.25) is 0 Å². The third kappa shape index (κ3) is 5.97. The summed E-state index contributed by atoms with van der Waals surface area (Å²) in [6.07, 6.45) is -4.56. The standard InChI is InChI=1S/C22H23F3N2O4/c1-14-9-15(2)11-16(10-14)21(29)31-13-20(28)26-18-12-17(22(23,24)25)3-4-19(18)27-5-7-30-8-6-27/h3-4,9-12H,5-8,13H2,1-2H3,(H,26,28). The minimum atomic E-state index is -4.56. The van der Waals surface area contributed by atoms with Gasteiger partial charge in [0.15, 0.2) is 6.61 Å². The fraction of sp³-hybridized carbons (Fsp3) is 0.364. The number of amides is 1. The Bertz CT molecular complexity index is 949. The van der Waals surface area contributed by atoms with Gasteiger partial charge in [-0.05, 0) is 44.2 Å². The number of carbonyl (C=O) groups is 2. The van der Waals surface area contributed by atoms with Crippen LogP contribution >= 0.6 is 0 Å². The van der Waals surface area contributed by atoms with Crippen LogP contribution in [-0.4, -0.2) is 44.8 Å². The van der Waals surface area contributed by atoms with Crippen molar-refractivity contribution < 1.29 is 32.2 Å². The van der Waals surface area contributed by atoms with Crippen LogP contribution in [-0.2, 0) is 20.4 Å². The minimum Gasteiger partial charge on any atom is -0.452 e. The lowest BCUT2D eigenvalue weighted by molar-refractivity contribution is -0.137. The van der Waals surface area contributed by atoms with Crippen molar-refractivity contribution in [2.24, 2.45) is 0 Å². The van der Waals surface area contributed by atoms with Gasteiger partial charge in [0.1, 0.15) is 0 Å². The SMILES string of the molecule is Cc1cc(C)cc(C(=O)OCC(=O)Nc2cc(C(F)(F)F)ccc2N2CCOCC2)c1. The van der Waals surface area contributed by atoms with Gasteiger partial charge in [-0.3, -0.25) is 4.79 Å². The summed E-state index contributed by atoms with van der Waals surface area (Å²) in [5.74, 6) is -1.41. The molecule has 0 unspecified atom stereocenters. The minimum absolute atomic E-state index is 0.00386. The fourth-order valence-electron chi connectivity index (χ4n) is 3.39. The first-order valence-electron chi connectivity index (χ1n) is 9.73. The number of nitrogens with one attached hydrogen (secondary N) is 1. The molecule has 1 aliphatic rings. The maximum absolute atomic E-state index is 13.2. The van der Waals surface area contributed by atoms with E-state index in [1.165, 1.54) is 6.07 Å². The molecule has 6 nitrogen and oxygen atoms in total. The molecule has 0 atom stereocenters. The molecular formula is C22H23F3N2O4. The molecule has 0 radical (unpaired) electrons. The van der Waals surface area contributed by atoms with Crippen LogP contribution in [0.2, 0.25) is 0 Å². The number of rotatable bonds is 5. The summed E-state index contributed by atoms with van der Waals surface area (Å²) >= 11 is 0. The molecule has 2 aromatic rings. The molecular weight excluding hydrogens is 413 g/mol. The van der Waals surface area contributed by atoms with Crippen LogP contribution in [0.4, 0.5) is 24.5 Å². The average Bonchev–Trinajstić information content (AvgIpc) is 2.71. The third-order valence-electron chi connectivity index (χ3n) is 4.74. The van der Waals surface area contributed by atoms with E-state index in [-0.39, 0.29) is 5.69 Å². The number of anilines is 2. The molecule has 0 spiro atoms. The molecule has 1 saturated heterocycles. The van der Waals surface area contributed by atoms with Gasteiger partial charge in [0, 0.05) is 13.1 Å². The molecule has 2 aromatic carbocycles. The second-order valence-corrected chi connectivity index (χ2v) is 7.33. The lowest BCUT2D eigenvalue weighted by Gasteiger charge is -2.31. The number of aryl methyl sites for hydroxylation is 2. The summed E-state index contributed by atoms with van der Waals surface area (Å²) in [6.45, 7) is 4.87. The van der Waals surface area contributed by atoms with Crippen LogP contribution in [0.1, 0.15) is 27.0 Å². The molecule has 3 rings (SSSR count). The second-order valence-electron chi connectivity index (χ2n) is 7.33. The zero-order valence-corrected chi connectivity index (χ0v) is 17.2. The highest BCUT2D eigenvalue weighted by Crippen LogP contribution is 2.35. The predicted molar refractivity (Wildman–Crippen MR) is 109 cm³/mol. The van der Waals surface area contributed by atoms with E-state index >= 15 is 0 Å². The highest BCUT2D eigenvalue weighted by Gasteiger charge is 2.32. The zero-order valence-electron chi connectivity index (χ0n) is 17.2. The summed E-state index contributed by atoms with van der Waals surface area (Å²) < 4.78 is 49.8. The number of ether oxygens (including phenoxy) is 2. The molecule has 0 aromatic heterocycles. The summed E-state index contributed by atoms with van der Waals surface area (Å²) in [5, 5.41) is 2.45. The van der Waals surface area contributed by atoms with Crippen molar-refractivity contribution in [1.82, 2.24) is 0 Å². The van der Waals surface area contributed by atoms with Crippen LogP contribution < -0.4 is 10.2 Å². The average molecular weight is 436 g/mol. The van der Waals surface area contributed by atoms with E-state index in [1.807, 2.05) is 24.8 Å². The molecule has 9 heteroatoms. The molecule has 1 N–H and O–H groups in total. The van der Waals surface area contributed by atoms with Crippen LogP contribution in [0.25, 0.3) is 0 Å². The summed E-state index contributed by atoms with van der Waals surface area (Å²) in [6, 6.07) is 8.34. The first-order chi connectivity index (χ1) is 14.6. The number of esters is 1. The van der Waals surface area contributed by atoms with Gasteiger partial charge in [0.05, 0.1) is 35.7 Å². The molecule has 1 heterocycles. The maximum atomic E-state index is 13.2. The molecule has 0 bridgehead atoms. The number of halogens is 3. The topological polar surface area (TPSA) is 67.9 Å². The van der Waals surface area contributed by atoms with E-state index in [4.69, 9.17) is 9.47 Å². The lowest BCUT2D eigenvalue weighted by atomic mass is 10.1. The van der Waals surface area contributed by atoms with Crippen molar-refractivity contribution in [3.8, 4) is 0 Å². The largest absolute Gasteiger partial charge is 0.452 e. The third-order valence-corrected chi connectivity index (χ3v) is 4.74. The Kier molecular flexibility index (Phi) is 6.84. The molecule has 1 fully saturated rings. The smallest absolute Gasteiger partial charge is 0.416 e. The van der Waals surface area contributed by atoms with E-state index in [0.717, 1.165) is 23.3 Å². The second kappa shape index (κ2) is 9.38. The van der Waals surface area contributed by atoms with Crippen LogP contribution in [0.3, 0.4) is 0 Å². The molecule has 1 aliphatic heterocycles. The van der Waals surface area contributed by atoms with E-state index in [2.05, 4.69) is 5.32 Å². The van der Waals surface area contributed by atoms with Crippen LogP contribution in [0, 0.1) is 13.8 Å². The van der Waals surface area contributed by atoms with Gasteiger partial charge in [-0.25, -0.2) is 4.79 Å². The number of morpholine rings is 1. The van der Waals surface area contributed by atoms with Gasteiger partial charge < -0.3 is 19.7 Å². The highest BCUT2D eigenvalue weighted by molar-refractivity contribution is 5.97. The van der Waals surface area contributed by atoms with Crippen molar-refractivity contribution in [3.05, 3.63) is 58.7 Å². The Morgan fingerprint density at radius 2 is 1.71 bits per heavy atom. The van der Waals surface area contributed by atoms with Crippen molar-refractivity contribution in [2.45, 2.75) is 20.0 Å². The van der Waals surface area contributed by atoms with Crippen LogP contribution in [0.15, 0.2) is 36.4 Å². The van der Waals surface area contributed by atoms with E-state index < -0.39 is 30.2 Å². The number of alkyl halides is 3. The van der Waals surface area contributed by atoms with E-state index in [1.54, 1.807) is 12.1 Å². The Balaban J connectivity index is 1.73. The van der Waals surface area contributed by atoms with Gasteiger partial charge in [-0.1, -0.05) is 17.2 Å². The molecule has 0 saturated carbocycles. The van der Waals surface area contributed by atoms with Crippen LogP contribution in [0.5, 0.6) is 0 Å². The van der Waals surface area contributed by atoms with Crippen molar-refractivity contribution >= 4 is 23.3 Å². The first kappa shape index (κ1) is 22.6. The number of hydrogen-bond donors (Lipinski definition) is 1. The maximum Gasteiger partial charge on any atom is 0.416 e. The normalized spacial score (nSPS) is 14.3. The Labute approximate surface area is 177 Å². The number of hydrogen-bond acceptors (Lipinski definition) is 5. The molecule has 0 aliphatic carbocycles. The van der Waals surface area contributed by atoms with E-state index in [0.29, 0.717) is 37.6 Å². The molecule has 31 heavy (non-hydrogen) atoms. The summed E-state index contributed by atoms with van der Waals surface area (Å²) in [5.41, 5.74) is 1.62. The highest BCUT2D eigenvalue weighted by atomic mass is 19.4. The number of carbonyl (C=O) groups excluding carboxylic acids is 2. The van der Waals surface area contributed by atoms with Gasteiger partial charge in [-0.2, -0.15) is 13.2 Å². The van der Waals surface area contributed by atoms with Gasteiger partial charge in [0.25, 0.3) is 5.91 Å². The summed E-state index contributed by atoms with van der Waals surface area (Å²) in [4.78, 5) is 26.4. The number of nitrogens with zero attached hydrogens (tertiary/aromatic N) is 1. The van der Waals surface area contributed by atoms with Crippen molar-refractivity contribution in [3.63, 3.8) is 0 Å². The Hall–Kier alpha value is -3.07. The predicted octanol–water partition coefficient (Wildman–Crippen LogP) is 3.95. The van der Waals surface area contributed by atoms with Crippen molar-refractivity contribution in [2.75, 3.05) is 43.1 Å². The summed E-state index contributed by atoms with van der Waals surface area (Å²) in [7, 11) is 0. The molecule has 166 valence electrons. The number of benzene rings is 2. The quantitative estimate of drug-likeness (QED) is 0.719. The first-order valence-corrected chi connectivity index (χ1v) is 9.73. The van der Waals surface area contributed by atoms with Crippen molar-refractivity contribution in [1.29, 1.82) is 0 Å². The fourth-order valence-corrected chi connectivity index (χ4v) is 3.39. The van der Waals surface area contributed by atoms with Gasteiger partial charge in [-0.15, -0.1) is 0 Å². The Morgan fingerprint density at radius 3 is 2.32 bits per heavy atom. The Morgan fingerprint density at radius 1 is 1.06 bits per heavy atom. The van der Waals surface area contributed by atoms with Gasteiger partial charge >= 0.3 is 12.1 Å².